The third-order valence-electron chi connectivity index (χ3n) is 8.54. The molecule has 4 aromatic carbocycles. The number of pyridine rings is 1. The second-order valence-corrected chi connectivity index (χ2v) is 11.8. The van der Waals surface area contributed by atoms with E-state index >= 15 is 0 Å². The molecule has 3 N–H and O–H groups in total. The van der Waals surface area contributed by atoms with Crippen molar-refractivity contribution in [2.75, 3.05) is 25.5 Å². The van der Waals surface area contributed by atoms with Crippen molar-refractivity contribution in [1.82, 2.24) is 20.5 Å². The molecule has 9 heteroatoms. The predicted molar refractivity (Wildman–Crippen MR) is 181 cm³/mol. The number of benzene rings is 4. The van der Waals surface area contributed by atoms with E-state index in [0.29, 0.717) is 39.3 Å². The number of carbonyl (C=O) groups excluding carboxylic acids is 3. The molecular weight excluding hydrogens is 593 g/mol. The van der Waals surface area contributed by atoms with Crippen LogP contribution in [-0.2, 0) is 11.3 Å². The first kappa shape index (κ1) is 31.6. The summed E-state index contributed by atoms with van der Waals surface area (Å²) in [5, 5.41) is 9.94. The molecule has 2 heterocycles. The summed E-state index contributed by atoms with van der Waals surface area (Å²) < 4.78 is 13.4. The number of nitrogens with zero attached hydrogens (tertiary/aromatic N) is 2. The van der Waals surface area contributed by atoms with E-state index in [9.17, 15) is 18.8 Å². The number of nitrogens with one attached hydrogen (secondary N) is 3. The van der Waals surface area contributed by atoms with Gasteiger partial charge in [-0.15, -0.1) is 0 Å². The first-order valence-electron chi connectivity index (χ1n) is 15.7. The fourth-order valence-electron chi connectivity index (χ4n) is 6.02. The van der Waals surface area contributed by atoms with Gasteiger partial charge in [0.2, 0.25) is 5.91 Å². The Labute approximate surface area is 273 Å². The maximum atomic E-state index is 13.6. The van der Waals surface area contributed by atoms with Crippen molar-refractivity contribution in [1.29, 1.82) is 0 Å². The Kier molecular flexibility index (Phi) is 9.64. The number of hydrogen-bond donors (Lipinski definition) is 3. The molecule has 1 saturated heterocycles. The predicted octanol–water partition coefficient (Wildman–Crippen LogP) is 6.22. The Balaban J connectivity index is 1.17. The number of fused-ring (bicyclic) bond motifs is 1. The number of carbonyl (C=O) groups is 3. The summed E-state index contributed by atoms with van der Waals surface area (Å²) in [4.78, 5) is 46.6. The van der Waals surface area contributed by atoms with Gasteiger partial charge in [-0.05, 0) is 97.1 Å². The Morgan fingerprint density at radius 2 is 1.60 bits per heavy atom. The van der Waals surface area contributed by atoms with Gasteiger partial charge in [0, 0.05) is 30.1 Å². The van der Waals surface area contributed by atoms with E-state index in [2.05, 4.69) is 20.9 Å². The fraction of sp³-hybridized carbons (Fsp3) is 0.211. The lowest BCUT2D eigenvalue weighted by Crippen LogP contribution is -2.41. The lowest BCUT2D eigenvalue weighted by Gasteiger charge is -2.25. The van der Waals surface area contributed by atoms with Crippen LogP contribution in [0.2, 0.25) is 0 Å². The second-order valence-electron chi connectivity index (χ2n) is 11.8. The van der Waals surface area contributed by atoms with Crippen LogP contribution >= 0.6 is 0 Å². The largest absolute Gasteiger partial charge is 0.339 e. The zero-order valence-electron chi connectivity index (χ0n) is 26.1. The van der Waals surface area contributed by atoms with E-state index in [1.165, 1.54) is 17.0 Å². The summed E-state index contributed by atoms with van der Waals surface area (Å²) >= 11 is 0. The summed E-state index contributed by atoms with van der Waals surface area (Å²) in [6.45, 7) is 2.12. The molecule has 1 fully saturated rings. The number of likely N-dealkylation sites (N-methyl/N-ethyl adjacent to an activating group) is 1. The van der Waals surface area contributed by atoms with Gasteiger partial charge in [0.25, 0.3) is 11.8 Å². The van der Waals surface area contributed by atoms with Crippen LogP contribution in [0.1, 0.15) is 62.2 Å². The highest BCUT2D eigenvalue weighted by Crippen LogP contribution is 2.29. The van der Waals surface area contributed by atoms with Crippen LogP contribution < -0.4 is 16.0 Å². The SMILES string of the molecule is CN(Cc1ccc(F)cc1)C(=O)C(NC(=O)c1ccc2nc(NC(=O)c3ccccc3C3CCNCC3)ccc2c1)c1ccccc1. The van der Waals surface area contributed by atoms with Crippen LogP contribution in [0.15, 0.2) is 109 Å². The molecule has 8 nitrogen and oxygen atoms in total. The molecular formula is C38H36FN5O3. The van der Waals surface area contributed by atoms with Gasteiger partial charge in [0.15, 0.2) is 0 Å². The van der Waals surface area contributed by atoms with E-state index in [-0.39, 0.29) is 24.2 Å². The van der Waals surface area contributed by atoms with E-state index in [4.69, 9.17) is 0 Å². The van der Waals surface area contributed by atoms with Crippen LogP contribution in [0, 0.1) is 5.82 Å². The van der Waals surface area contributed by atoms with Crippen LogP contribution in [0.4, 0.5) is 10.2 Å². The molecule has 0 spiro atoms. The number of amides is 3. The average Bonchev–Trinajstić information content (AvgIpc) is 3.11. The summed E-state index contributed by atoms with van der Waals surface area (Å²) in [6, 6.07) is 30.4. The summed E-state index contributed by atoms with van der Waals surface area (Å²) in [7, 11) is 1.65. The molecule has 238 valence electrons. The monoisotopic (exact) mass is 629 g/mol. The topological polar surface area (TPSA) is 103 Å². The maximum absolute atomic E-state index is 13.6. The third-order valence-corrected chi connectivity index (χ3v) is 8.54. The fourth-order valence-corrected chi connectivity index (χ4v) is 6.02. The van der Waals surface area contributed by atoms with Crippen LogP contribution in [0.3, 0.4) is 0 Å². The normalized spacial score (nSPS) is 13.9. The smallest absolute Gasteiger partial charge is 0.257 e. The Hall–Kier alpha value is -5.41. The van der Waals surface area contributed by atoms with E-state index in [1.807, 2.05) is 48.5 Å². The lowest BCUT2D eigenvalue weighted by molar-refractivity contribution is -0.132. The Bertz CT molecular complexity index is 1890. The second kappa shape index (κ2) is 14.3. The number of aromatic nitrogens is 1. The number of piperidine rings is 1. The highest BCUT2D eigenvalue weighted by Gasteiger charge is 2.27. The van der Waals surface area contributed by atoms with Crippen molar-refractivity contribution >= 4 is 34.4 Å². The average molecular weight is 630 g/mol. The first-order valence-corrected chi connectivity index (χ1v) is 15.7. The van der Waals surface area contributed by atoms with E-state index < -0.39 is 11.9 Å². The quantitative estimate of drug-likeness (QED) is 0.180. The van der Waals surface area contributed by atoms with Crippen molar-refractivity contribution in [3.8, 4) is 0 Å². The van der Waals surface area contributed by atoms with Crippen molar-refractivity contribution in [2.45, 2.75) is 31.3 Å². The lowest BCUT2D eigenvalue weighted by atomic mass is 9.87. The molecule has 0 bridgehead atoms. The van der Waals surface area contributed by atoms with Crippen molar-refractivity contribution < 1.29 is 18.8 Å². The zero-order valence-corrected chi connectivity index (χ0v) is 26.1. The number of halogens is 1. The van der Waals surface area contributed by atoms with Crippen LogP contribution in [0.25, 0.3) is 10.9 Å². The highest BCUT2D eigenvalue weighted by molar-refractivity contribution is 6.05. The van der Waals surface area contributed by atoms with Gasteiger partial charge in [-0.25, -0.2) is 9.37 Å². The van der Waals surface area contributed by atoms with Gasteiger partial charge in [0.05, 0.1) is 5.52 Å². The molecule has 0 aliphatic carbocycles. The van der Waals surface area contributed by atoms with Crippen molar-refractivity contribution in [3.63, 3.8) is 0 Å². The summed E-state index contributed by atoms with van der Waals surface area (Å²) in [5.41, 5.74) is 4.09. The summed E-state index contributed by atoms with van der Waals surface area (Å²) in [6.07, 6.45) is 1.97. The molecule has 5 aromatic rings. The molecule has 1 aliphatic rings. The molecule has 0 saturated carbocycles. The highest BCUT2D eigenvalue weighted by atomic mass is 19.1. The van der Waals surface area contributed by atoms with Gasteiger partial charge in [-0.1, -0.05) is 60.7 Å². The molecule has 47 heavy (non-hydrogen) atoms. The minimum atomic E-state index is -0.937. The molecule has 0 radical (unpaired) electrons. The molecule has 1 aliphatic heterocycles. The molecule has 1 aromatic heterocycles. The third kappa shape index (κ3) is 7.53. The molecule has 3 amide bonds. The molecule has 1 unspecified atom stereocenters. The number of anilines is 1. The van der Waals surface area contributed by atoms with Gasteiger partial charge in [-0.3, -0.25) is 14.4 Å². The van der Waals surface area contributed by atoms with E-state index in [1.54, 1.807) is 55.6 Å². The van der Waals surface area contributed by atoms with Crippen LogP contribution in [0.5, 0.6) is 0 Å². The van der Waals surface area contributed by atoms with Crippen LogP contribution in [-0.4, -0.2) is 47.7 Å². The molecule has 1 atom stereocenters. The first-order chi connectivity index (χ1) is 22.9. The van der Waals surface area contributed by atoms with E-state index in [0.717, 1.165) is 37.1 Å². The van der Waals surface area contributed by atoms with Gasteiger partial charge < -0.3 is 20.9 Å². The Morgan fingerprint density at radius 1 is 0.872 bits per heavy atom. The zero-order chi connectivity index (χ0) is 32.8. The number of hydrogen-bond acceptors (Lipinski definition) is 5. The van der Waals surface area contributed by atoms with Gasteiger partial charge in [-0.2, -0.15) is 0 Å². The number of rotatable bonds is 9. The minimum Gasteiger partial charge on any atom is -0.339 e. The van der Waals surface area contributed by atoms with Gasteiger partial charge >= 0.3 is 0 Å². The standard InChI is InChI=1S/C38H36FN5O3/c1-44(24-25-11-15-30(39)16-12-25)38(47)35(27-7-3-2-4-8-27)43-36(45)29-13-17-33-28(23-29)14-18-34(41-33)42-37(46)32-10-6-5-9-31(32)26-19-21-40-22-20-26/h2-18,23,26,35,40H,19-22,24H2,1H3,(H,43,45)(H,41,42,46). The van der Waals surface area contributed by atoms with Crippen molar-refractivity contribution in [3.05, 3.63) is 143 Å². The van der Waals surface area contributed by atoms with Gasteiger partial charge in [0.1, 0.15) is 17.7 Å². The Morgan fingerprint density at radius 3 is 2.36 bits per heavy atom. The maximum Gasteiger partial charge on any atom is 0.257 e. The minimum absolute atomic E-state index is 0.206. The van der Waals surface area contributed by atoms with Crippen molar-refractivity contribution in [2.24, 2.45) is 0 Å². The molecule has 6 rings (SSSR count). The summed E-state index contributed by atoms with van der Waals surface area (Å²) in [5.74, 6) is -0.534.